The van der Waals surface area contributed by atoms with E-state index in [0.717, 1.165) is 16.6 Å². The molecule has 2 aromatic heterocycles. The highest BCUT2D eigenvalue weighted by molar-refractivity contribution is 6.66. The number of ether oxygens (including phenoxy) is 1. The van der Waals surface area contributed by atoms with E-state index in [2.05, 4.69) is 15.1 Å². The van der Waals surface area contributed by atoms with Crippen LogP contribution in [-0.2, 0) is 0 Å². The number of hydrogen-bond acceptors (Lipinski definition) is 5. The first-order valence-corrected chi connectivity index (χ1v) is 9.48. The zero-order valence-electron chi connectivity index (χ0n) is 15.1. The molecule has 0 aliphatic heterocycles. The Morgan fingerprint density at radius 2 is 1.86 bits per heavy atom. The summed E-state index contributed by atoms with van der Waals surface area (Å²) in [5.41, 5.74) is 1.58. The van der Waals surface area contributed by atoms with Crippen LogP contribution in [0, 0.1) is 0 Å². The second-order valence-electron chi connectivity index (χ2n) is 6.04. The molecule has 0 radical (unpaired) electrons. The summed E-state index contributed by atoms with van der Waals surface area (Å²) < 4.78 is 7.37. The fourth-order valence-corrected chi connectivity index (χ4v) is 3.14. The molecule has 7 nitrogen and oxygen atoms in total. The first kappa shape index (κ1) is 19.2. The predicted molar refractivity (Wildman–Crippen MR) is 112 cm³/mol. The number of amides is 1. The van der Waals surface area contributed by atoms with Crippen molar-refractivity contribution >= 4 is 45.3 Å². The van der Waals surface area contributed by atoms with E-state index in [4.69, 9.17) is 27.9 Å². The van der Waals surface area contributed by atoms with Crippen LogP contribution in [0.4, 0.5) is 10.6 Å². The highest BCUT2D eigenvalue weighted by Crippen LogP contribution is 2.23. The lowest BCUT2D eigenvalue weighted by Crippen LogP contribution is -2.31. The number of hydrogen-bond donors (Lipinski definition) is 0. The van der Waals surface area contributed by atoms with Crippen LogP contribution in [0.15, 0.2) is 67.1 Å². The van der Waals surface area contributed by atoms with Gasteiger partial charge in [0.2, 0.25) is 5.88 Å². The second kappa shape index (κ2) is 8.46. The molecule has 0 atom stereocenters. The van der Waals surface area contributed by atoms with Gasteiger partial charge in [-0.3, -0.25) is 9.69 Å². The Morgan fingerprint density at radius 1 is 1.07 bits per heavy atom. The predicted octanol–water partition coefficient (Wildman–Crippen LogP) is 4.71. The van der Waals surface area contributed by atoms with Gasteiger partial charge in [-0.05, 0) is 48.0 Å². The van der Waals surface area contributed by atoms with Crippen LogP contribution < -0.4 is 9.64 Å². The lowest BCUT2D eigenvalue weighted by Gasteiger charge is -2.19. The van der Waals surface area contributed by atoms with E-state index in [1.54, 1.807) is 29.1 Å². The number of benzene rings is 2. The number of nitrogens with zero attached hydrogens (tertiary/aromatic N) is 5. The minimum Gasteiger partial charge on any atom is -0.475 e. The molecule has 0 unspecified atom stereocenters. The third-order valence-corrected chi connectivity index (χ3v) is 4.67. The van der Waals surface area contributed by atoms with Gasteiger partial charge in [-0.15, -0.1) is 5.10 Å². The van der Waals surface area contributed by atoms with Gasteiger partial charge in [0.25, 0.3) is 0 Å². The van der Waals surface area contributed by atoms with Crippen molar-refractivity contribution in [3.8, 4) is 11.6 Å². The fraction of sp³-hybridized carbons (Fsp3) is 0.100. The molecule has 1 amide bonds. The average Bonchev–Trinajstić information content (AvgIpc) is 3.20. The monoisotopic (exact) mass is 427 g/mol. The number of para-hydroxylation sites is 1. The van der Waals surface area contributed by atoms with Crippen molar-refractivity contribution in [1.82, 2.24) is 19.7 Å². The normalized spacial score (nSPS) is 10.8. The number of rotatable bonds is 6. The van der Waals surface area contributed by atoms with Gasteiger partial charge < -0.3 is 4.74 Å². The minimum atomic E-state index is -0.649. The summed E-state index contributed by atoms with van der Waals surface area (Å²) in [5, 5.41) is 5.10. The van der Waals surface area contributed by atoms with E-state index >= 15 is 0 Å². The minimum absolute atomic E-state index is 0.189. The molecule has 0 saturated carbocycles. The molecular formula is C20H15Cl2N5O2. The third kappa shape index (κ3) is 4.31. The number of carbonyl (C=O) groups is 1. The van der Waals surface area contributed by atoms with Crippen LogP contribution in [0.2, 0.25) is 5.02 Å². The van der Waals surface area contributed by atoms with Crippen LogP contribution >= 0.6 is 23.2 Å². The molecule has 0 spiro atoms. The van der Waals surface area contributed by atoms with E-state index < -0.39 is 5.37 Å². The van der Waals surface area contributed by atoms with Gasteiger partial charge in [0.15, 0.2) is 0 Å². The quantitative estimate of drug-likeness (QED) is 0.329. The zero-order valence-corrected chi connectivity index (χ0v) is 16.6. The smallest absolute Gasteiger partial charge is 0.322 e. The molecule has 2 aromatic carbocycles. The summed E-state index contributed by atoms with van der Waals surface area (Å²) in [6, 6.07) is 16.4. The van der Waals surface area contributed by atoms with Gasteiger partial charge in [0.05, 0.1) is 17.7 Å². The summed E-state index contributed by atoms with van der Waals surface area (Å²) in [5.74, 6) is 0.861. The highest BCUT2D eigenvalue weighted by atomic mass is 35.5. The molecular weight excluding hydrogens is 413 g/mol. The Balaban J connectivity index is 1.46. The van der Waals surface area contributed by atoms with E-state index in [1.807, 2.05) is 36.4 Å². The summed E-state index contributed by atoms with van der Waals surface area (Å²) >= 11 is 11.7. The molecule has 29 heavy (non-hydrogen) atoms. The number of anilines is 1. The van der Waals surface area contributed by atoms with Gasteiger partial charge in [-0.1, -0.05) is 23.7 Å². The van der Waals surface area contributed by atoms with Crippen molar-refractivity contribution in [2.24, 2.45) is 0 Å². The molecule has 9 heteroatoms. The standard InChI is InChI=1S/C20H15Cl2N5O2/c21-14-5-7-15(8-6-14)27-10-9-18(25-27)29-12-11-26(20(22)28)19-16-3-1-2-4-17(16)23-13-24-19/h1-10,13H,11-12H2. The van der Waals surface area contributed by atoms with Crippen molar-refractivity contribution in [3.05, 3.63) is 72.1 Å². The van der Waals surface area contributed by atoms with E-state index in [9.17, 15) is 4.79 Å². The number of carbonyl (C=O) groups excluding carboxylic acids is 1. The summed E-state index contributed by atoms with van der Waals surface area (Å²) in [7, 11) is 0. The maximum atomic E-state index is 12.0. The van der Waals surface area contributed by atoms with Crippen molar-refractivity contribution in [2.75, 3.05) is 18.1 Å². The topological polar surface area (TPSA) is 73.1 Å². The van der Waals surface area contributed by atoms with Gasteiger partial charge in [0, 0.05) is 22.7 Å². The molecule has 0 aliphatic carbocycles. The van der Waals surface area contributed by atoms with Gasteiger partial charge in [-0.2, -0.15) is 0 Å². The maximum Gasteiger partial charge on any atom is 0.322 e. The summed E-state index contributed by atoms with van der Waals surface area (Å²) in [4.78, 5) is 21.8. The van der Waals surface area contributed by atoms with Crippen LogP contribution in [0.1, 0.15) is 0 Å². The fourth-order valence-electron chi connectivity index (χ4n) is 2.85. The van der Waals surface area contributed by atoms with Crippen molar-refractivity contribution in [2.45, 2.75) is 0 Å². The number of halogens is 2. The lowest BCUT2D eigenvalue weighted by molar-refractivity contribution is 0.260. The lowest BCUT2D eigenvalue weighted by atomic mass is 10.2. The SMILES string of the molecule is O=C(Cl)N(CCOc1ccn(-c2ccc(Cl)cc2)n1)c1ncnc2ccccc12. The third-order valence-electron chi connectivity index (χ3n) is 4.21. The largest absolute Gasteiger partial charge is 0.475 e. The molecule has 0 fully saturated rings. The van der Waals surface area contributed by atoms with E-state index in [-0.39, 0.29) is 13.2 Å². The van der Waals surface area contributed by atoms with Crippen molar-refractivity contribution in [3.63, 3.8) is 0 Å². The Morgan fingerprint density at radius 3 is 2.66 bits per heavy atom. The van der Waals surface area contributed by atoms with Crippen LogP contribution in [0.25, 0.3) is 16.6 Å². The average molecular weight is 428 g/mol. The summed E-state index contributed by atoms with van der Waals surface area (Å²) in [6.07, 6.45) is 3.18. The second-order valence-corrected chi connectivity index (χ2v) is 6.80. The molecule has 4 aromatic rings. The molecule has 0 N–H and O–H groups in total. The Labute approximate surface area is 176 Å². The Hall–Kier alpha value is -3.16. The molecule has 4 rings (SSSR count). The Kier molecular flexibility index (Phi) is 5.59. The van der Waals surface area contributed by atoms with Crippen LogP contribution in [0.5, 0.6) is 5.88 Å². The van der Waals surface area contributed by atoms with Crippen molar-refractivity contribution in [1.29, 1.82) is 0 Å². The van der Waals surface area contributed by atoms with Gasteiger partial charge in [-0.25, -0.2) is 14.6 Å². The van der Waals surface area contributed by atoms with Gasteiger partial charge in [0.1, 0.15) is 18.8 Å². The van der Waals surface area contributed by atoms with E-state index in [0.29, 0.717) is 16.7 Å². The first-order valence-electron chi connectivity index (χ1n) is 8.73. The molecule has 2 heterocycles. The maximum absolute atomic E-state index is 12.0. The first-order chi connectivity index (χ1) is 14.1. The Bertz CT molecular complexity index is 1140. The van der Waals surface area contributed by atoms with Gasteiger partial charge >= 0.3 is 5.37 Å². The molecule has 0 aliphatic rings. The molecule has 0 bridgehead atoms. The number of fused-ring (bicyclic) bond motifs is 1. The van der Waals surface area contributed by atoms with Crippen molar-refractivity contribution < 1.29 is 9.53 Å². The van der Waals surface area contributed by atoms with E-state index in [1.165, 1.54) is 11.2 Å². The van der Waals surface area contributed by atoms with Crippen LogP contribution in [0.3, 0.4) is 0 Å². The zero-order chi connectivity index (χ0) is 20.2. The molecule has 146 valence electrons. The van der Waals surface area contributed by atoms with Crippen LogP contribution in [-0.4, -0.2) is 38.3 Å². The number of aromatic nitrogens is 4. The summed E-state index contributed by atoms with van der Waals surface area (Å²) in [6.45, 7) is 0.394. The molecule has 0 saturated heterocycles. The highest BCUT2D eigenvalue weighted by Gasteiger charge is 2.18.